The van der Waals surface area contributed by atoms with Gasteiger partial charge in [-0.2, -0.15) is 9.64 Å². The lowest BCUT2D eigenvalue weighted by molar-refractivity contribution is 0.842. The van der Waals surface area contributed by atoms with E-state index in [1.807, 2.05) is 31.2 Å². The number of nitriles is 1. The Hall–Kier alpha value is -1.64. The van der Waals surface area contributed by atoms with Crippen molar-refractivity contribution in [3.63, 3.8) is 0 Å². The number of hydrogen-bond acceptors (Lipinski definition) is 5. The molecule has 0 bridgehead atoms. The molecule has 0 saturated heterocycles. The topological polar surface area (TPSA) is 61.6 Å². The number of anilines is 1. The van der Waals surface area contributed by atoms with Crippen LogP contribution in [0.3, 0.4) is 0 Å². The van der Waals surface area contributed by atoms with Crippen molar-refractivity contribution in [1.82, 2.24) is 9.36 Å². The van der Waals surface area contributed by atoms with E-state index in [0.29, 0.717) is 10.6 Å². The zero-order valence-electron chi connectivity index (χ0n) is 9.01. The molecule has 0 aliphatic rings. The second kappa shape index (κ2) is 5.13. The molecule has 1 atom stereocenters. The van der Waals surface area contributed by atoms with Gasteiger partial charge in [0.2, 0.25) is 0 Å². The molecule has 17 heavy (non-hydrogen) atoms. The second-order valence-corrected chi connectivity index (χ2v) is 4.54. The lowest BCUT2D eigenvalue weighted by atomic mass is 10.2. The highest BCUT2D eigenvalue weighted by Gasteiger charge is 2.14. The number of nitrogens with one attached hydrogen (secondary N) is 1. The van der Waals surface area contributed by atoms with Crippen LogP contribution in [-0.2, 0) is 0 Å². The third kappa shape index (κ3) is 2.54. The summed E-state index contributed by atoms with van der Waals surface area (Å²) in [6.45, 7) is 1.97. The van der Waals surface area contributed by atoms with E-state index in [1.165, 1.54) is 11.5 Å². The quantitative estimate of drug-likeness (QED) is 0.924. The van der Waals surface area contributed by atoms with Gasteiger partial charge in [0.15, 0.2) is 5.15 Å². The number of halogens is 1. The van der Waals surface area contributed by atoms with Crippen LogP contribution in [-0.4, -0.2) is 9.36 Å². The summed E-state index contributed by atoms with van der Waals surface area (Å²) in [4.78, 5) is 4.24. The van der Waals surface area contributed by atoms with Crippen molar-refractivity contribution in [2.24, 2.45) is 0 Å². The van der Waals surface area contributed by atoms with Crippen LogP contribution >= 0.6 is 23.1 Å². The van der Waals surface area contributed by atoms with Gasteiger partial charge in [0.25, 0.3) is 0 Å². The number of aromatic nitrogens is 2. The summed E-state index contributed by atoms with van der Waals surface area (Å²) in [5, 5.41) is 13.1. The zero-order chi connectivity index (χ0) is 12.3. The average Bonchev–Trinajstić information content (AvgIpc) is 2.71. The minimum atomic E-state index is -0.000170. The zero-order valence-corrected chi connectivity index (χ0v) is 10.6. The van der Waals surface area contributed by atoms with Crippen molar-refractivity contribution >= 4 is 28.1 Å². The highest BCUT2D eigenvalue weighted by Crippen LogP contribution is 2.30. The first-order valence-corrected chi connectivity index (χ1v) is 6.10. The van der Waals surface area contributed by atoms with Crippen molar-refractivity contribution in [1.29, 1.82) is 5.26 Å². The standard InChI is InChI=1S/C11H9ClN4S/c1-7(9-4-2-3-5-14-9)15-11-8(6-13)10(12)16-17-11/h2-5,7,15H,1H3/t7-/m1/s1. The third-order valence-electron chi connectivity index (χ3n) is 2.24. The highest BCUT2D eigenvalue weighted by molar-refractivity contribution is 7.10. The van der Waals surface area contributed by atoms with E-state index in [1.54, 1.807) is 6.20 Å². The Balaban J connectivity index is 2.19. The van der Waals surface area contributed by atoms with E-state index in [4.69, 9.17) is 16.9 Å². The summed E-state index contributed by atoms with van der Waals surface area (Å²) in [5.41, 5.74) is 1.29. The number of nitrogens with zero attached hydrogens (tertiary/aromatic N) is 3. The molecule has 0 amide bonds. The van der Waals surface area contributed by atoms with Crippen molar-refractivity contribution in [3.8, 4) is 6.07 Å². The number of pyridine rings is 1. The number of rotatable bonds is 3. The molecule has 0 aromatic carbocycles. The molecular formula is C11H9ClN4S. The molecule has 2 aromatic heterocycles. The molecule has 0 radical (unpaired) electrons. The predicted octanol–water partition coefficient (Wildman–Crippen LogP) is 3.24. The Morgan fingerprint density at radius 1 is 1.53 bits per heavy atom. The Bertz CT molecular complexity index is 546. The summed E-state index contributed by atoms with van der Waals surface area (Å²) in [6.07, 6.45) is 1.73. The molecule has 2 aromatic rings. The first kappa shape index (κ1) is 11.8. The minimum absolute atomic E-state index is 0.000170. The molecule has 0 saturated carbocycles. The van der Waals surface area contributed by atoms with Crippen LogP contribution in [0, 0.1) is 11.3 Å². The van der Waals surface area contributed by atoms with E-state index in [9.17, 15) is 0 Å². The largest absolute Gasteiger partial charge is 0.366 e. The predicted molar refractivity (Wildman–Crippen MR) is 68.1 cm³/mol. The van der Waals surface area contributed by atoms with Crippen molar-refractivity contribution < 1.29 is 0 Å². The summed E-state index contributed by atoms with van der Waals surface area (Å²) in [7, 11) is 0. The van der Waals surface area contributed by atoms with Gasteiger partial charge in [-0.15, -0.1) is 0 Å². The molecule has 0 fully saturated rings. The van der Waals surface area contributed by atoms with Gasteiger partial charge in [-0.1, -0.05) is 17.7 Å². The summed E-state index contributed by atoms with van der Waals surface area (Å²) in [5.74, 6) is 0. The summed E-state index contributed by atoms with van der Waals surface area (Å²) < 4.78 is 3.94. The maximum Gasteiger partial charge on any atom is 0.162 e. The Morgan fingerprint density at radius 3 is 3.00 bits per heavy atom. The lowest BCUT2D eigenvalue weighted by Crippen LogP contribution is -2.07. The van der Waals surface area contributed by atoms with Crippen LogP contribution in [0.25, 0.3) is 0 Å². The first-order chi connectivity index (χ1) is 8.22. The fourth-order valence-corrected chi connectivity index (χ4v) is 2.39. The fraction of sp³-hybridized carbons (Fsp3) is 0.182. The fourth-order valence-electron chi connectivity index (χ4n) is 1.37. The summed E-state index contributed by atoms with van der Waals surface area (Å²) in [6, 6.07) is 7.74. The van der Waals surface area contributed by atoms with Gasteiger partial charge in [0.1, 0.15) is 16.6 Å². The molecular weight excluding hydrogens is 256 g/mol. The molecule has 0 aliphatic heterocycles. The molecule has 1 N–H and O–H groups in total. The molecule has 0 unspecified atom stereocenters. The van der Waals surface area contributed by atoms with Gasteiger partial charge in [0.05, 0.1) is 11.7 Å². The Kier molecular flexibility index (Phi) is 3.57. The van der Waals surface area contributed by atoms with E-state index in [2.05, 4.69) is 14.7 Å². The van der Waals surface area contributed by atoms with Gasteiger partial charge >= 0.3 is 0 Å². The van der Waals surface area contributed by atoms with Crippen molar-refractivity contribution in [3.05, 3.63) is 40.8 Å². The smallest absolute Gasteiger partial charge is 0.162 e. The van der Waals surface area contributed by atoms with E-state index in [-0.39, 0.29) is 11.2 Å². The van der Waals surface area contributed by atoms with Crippen LogP contribution in [0.4, 0.5) is 5.00 Å². The normalized spacial score (nSPS) is 11.8. The Labute approximate surface area is 108 Å². The molecule has 2 rings (SSSR count). The van der Waals surface area contributed by atoms with Crippen LogP contribution in [0.2, 0.25) is 5.15 Å². The highest BCUT2D eigenvalue weighted by atomic mass is 35.5. The molecule has 0 spiro atoms. The summed E-state index contributed by atoms with van der Waals surface area (Å²) >= 11 is 6.98. The van der Waals surface area contributed by atoms with Gasteiger partial charge in [0, 0.05) is 6.20 Å². The third-order valence-corrected chi connectivity index (χ3v) is 3.39. The Morgan fingerprint density at radius 2 is 2.35 bits per heavy atom. The van der Waals surface area contributed by atoms with Crippen LogP contribution in [0.1, 0.15) is 24.2 Å². The molecule has 2 heterocycles. The number of hydrogen-bond donors (Lipinski definition) is 1. The van der Waals surface area contributed by atoms with E-state index >= 15 is 0 Å². The van der Waals surface area contributed by atoms with Crippen LogP contribution in [0.15, 0.2) is 24.4 Å². The van der Waals surface area contributed by atoms with E-state index < -0.39 is 0 Å². The van der Waals surface area contributed by atoms with Gasteiger partial charge in [-0.05, 0) is 30.6 Å². The average molecular weight is 265 g/mol. The SMILES string of the molecule is C[C@@H](Nc1snc(Cl)c1C#N)c1ccccn1. The van der Waals surface area contributed by atoms with E-state index in [0.717, 1.165) is 5.69 Å². The maximum absolute atomic E-state index is 8.95. The van der Waals surface area contributed by atoms with Gasteiger partial charge in [-0.3, -0.25) is 4.98 Å². The van der Waals surface area contributed by atoms with Gasteiger partial charge < -0.3 is 5.32 Å². The maximum atomic E-state index is 8.95. The molecule has 86 valence electrons. The molecule has 6 heteroatoms. The van der Waals surface area contributed by atoms with Crippen molar-refractivity contribution in [2.75, 3.05) is 5.32 Å². The second-order valence-electron chi connectivity index (χ2n) is 3.41. The monoisotopic (exact) mass is 264 g/mol. The minimum Gasteiger partial charge on any atom is -0.366 e. The lowest BCUT2D eigenvalue weighted by Gasteiger charge is -2.12. The van der Waals surface area contributed by atoms with Crippen LogP contribution in [0.5, 0.6) is 0 Å². The molecule has 4 nitrogen and oxygen atoms in total. The van der Waals surface area contributed by atoms with Crippen LogP contribution < -0.4 is 5.32 Å². The van der Waals surface area contributed by atoms with Crippen molar-refractivity contribution in [2.45, 2.75) is 13.0 Å². The van der Waals surface area contributed by atoms with Gasteiger partial charge in [-0.25, -0.2) is 0 Å². The first-order valence-electron chi connectivity index (χ1n) is 4.95. The molecule has 0 aliphatic carbocycles.